The van der Waals surface area contributed by atoms with Crippen LogP contribution in [-0.2, 0) is 16.1 Å². The Kier molecular flexibility index (Phi) is 9.74. The minimum Gasteiger partial charge on any atom is -0.490 e. The number of carbonyl (C=O) groups is 2. The summed E-state index contributed by atoms with van der Waals surface area (Å²) in [7, 11) is 1.30. The maximum Gasteiger partial charge on any atom is 0.311 e. The third-order valence-electron chi connectivity index (χ3n) is 4.78. The second-order valence-corrected chi connectivity index (χ2v) is 7.78. The number of carbonyl (C=O) groups excluding carboxylic acids is 2. The molecule has 0 saturated heterocycles. The maximum atomic E-state index is 13.1. The van der Waals surface area contributed by atoms with Crippen LogP contribution in [0.4, 0.5) is 5.69 Å². The van der Waals surface area contributed by atoms with Crippen LogP contribution >= 0.6 is 23.2 Å². The quantitative estimate of drug-likeness (QED) is 0.367. The molecule has 0 aliphatic carbocycles. The van der Waals surface area contributed by atoms with Gasteiger partial charge in [0.2, 0.25) is 11.7 Å². The first-order valence-electron chi connectivity index (χ1n) is 10.2. The number of nitro groups is 1. The number of methoxy groups -OCH3 is 1. The fraction of sp³-hybridized carbons (Fsp3) is 0.364. The zero-order valence-electron chi connectivity index (χ0n) is 18.5. The van der Waals surface area contributed by atoms with Crippen LogP contribution in [0.15, 0.2) is 36.4 Å². The molecular formula is C22H25Cl2N3O6. The van der Waals surface area contributed by atoms with Gasteiger partial charge >= 0.3 is 5.69 Å². The number of amides is 2. The van der Waals surface area contributed by atoms with Crippen LogP contribution in [0.1, 0.15) is 25.8 Å². The van der Waals surface area contributed by atoms with Gasteiger partial charge in [0, 0.05) is 25.2 Å². The summed E-state index contributed by atoms with van der Waals surface area (Å²) in [5, 5.41) is 14.5. The van der Waals surface area contributed by atoms with Gasteiger partial charge in [0.25, 0.3) is 5.91 Å². The molecule has 2 aromatic carbocycles. The third kappa shape index (κ3) is 6.97. The van der Waals surface area contributed by atoms with E-state index in [1.165, 1.54) is 30.2 Å². The fourth-order valence-electron chi connectivity index (χ4n) is 3.17. The number of hydrogen-bond donors (Lipinski definition) is 1. The molecule has 1 atom stereocenters. The highest BCUT2D eigenvalue weighted by atomic mass is 35.5. The van der Waals surface area contributed by atoms with Crippen LogP contribution in [0.3, 0.4) is 0 Å². The van der Waals surface area contributed by atoms with Gasteiger partial charge < -0.3 is 19.7 Å². The van der Waals surface area contributed by atoms with Gasteiger partial charge in [-0.15, -0.1) is 0 Å². The van der Waals surface area contributed by atoms with Crippen LogP contribution in [-0.4, -0.2) is 47.9 Å². The minimum atomic E-state index is -0.734. The van der Waals surface area contributed by atoms with Crippen molar-refractivity contribution in [1.29, 1.82) is 0 Å². The molecule has 2 rings (SSSR count). The zero-order chi connectivity index (χ0) is 24.5. The molecule has 9 nitrogen and oxygen atoms in total. The lowest BCUT2D eigenvalue weighted by atomic mass is 10.1. The van der Waals surface area contributed by atoms with E-state index in [4.69, 9.17) is 32.7 Å². The summed E-state index contributed by atoms with van der Waals surface area (Å²) in [6.07, 6.45) is 0.379. The molecule has 0 heterocycles. The van der Waals surface area contributed by atoms with Crippen molar-refractivity contribution in [3.05, 3.63) is 62.1 Å². The molecule has 1 N–H and O–H groups in total. The number of nitrogens with one attached hydrogen (secondary N) is 1. The molecule has 0 aliphatic heterocycles. The summed E-state index contributed by atoms with van der Waals surface area (Å²) in [4.78, 5) is 37.6. The summed E-state index contributed by atoms with van der Waals surface area (Å²) >= 11 is 12.1. The van der Waals surface area contributed by atoms with E-state index in [0.717, 1.165) is 0 Å². The molecule has 0 bridgehead atoms. The van der Waals surface area contributed by atoms with E-state index in [0.29, 0.717) is 28.6 Å². The van der Waals surface area contributed by atoms with Gasteiger partial charge in [0.1, 0.15) is 11.8 Å². The average molecular weight is 498 g/mol. The van der Waals surface area contributed by atoms with Crippen molar-refractivity contribution < 1.29 is 24.0 Å². The monoisotopic (exact) mass is 497 g/mol. The predicted octanol–water partition coefficient (Wildman–Crippen LogP) is 4.23. The number of nitro benzene ring substituents is 1. The molecular weight excluding hydrogens is 473 g/mol. The lowest BCUT2D eigenvalue weighted by Crippen LogP contribution is -2.50. The van der Waals surface area contributed by atoms with Gasteiger partial charge in [-0.05, 0) is 37.1 Å². The SMILES string of the molecule is CCNC(=O)[C@H](CC)N(Cc1ccc(Cl)c(Cl)c1)C(=O)COc1ccc([N+](=O)[O-])c(OC)c1. The largest absolute Gasteiger partial charge is 0.490 e. The summed E-state index contributed by atoms with van der Waals surface area (Å²) < 4.78 is 10.6. The number of halogens is 2. The van der Waals surface area contributed by atoms with E-state index in [9.17, 15) is 19.7 Å². The Morgan fingerprint density at radius 3 is 2.45 bits per heavy atom. The van der Waals surface area contributed by atoms with E-state index < -0.39 is 23.5 Å². The lowest BCUT2D eigenvalue weighted by molar-refractivity contribution is -0.385. The Hall–Kier alpha value is -3.04. The van der Waals surface area contributed by atoms with Crippen LogP contribution in [0, 0.1) is 10.1 Å². The molecule has 0 aliphatic rings. The molecule has 0 radical (unpaired) electrons. The number of likely N-dealkylation sites (N-methyl/N-ethyl adjacent to an activating group) is 1. The molecule has 0 fully saturated rings. The summed E-state index contributed by atoms with van der Waals surface area (Å²) in [5.41, 5.74) is 0.470. The van der Waals surface area contributed by atoms with Crippen LogP contribution in [0.2, 0.25) is 10.0 Å². The Morgan fingerprint density at radius 1 is 1.15 bits per heavy atom. The van der Waals surface area contributed by atoms with E-state index in [-0.39, 0.29) is 29.6 Å². The summed E-state index contributed by atoms with van der Waals surface area (Å²) in [6, 6.07) is 8.18. The van der Waals surface area contributed by atoms with Gasteiger partial charge in [0.15, 0.2) is 6.61 Å². The summed E-state index contributed by atoms with van der Waals surface area (Å²) in [5.74, 6) is -0.514. The Labute approximate surface area is 201 Å². The molecule has 2 aromatic rings. The van der Waals surface area contributed by atoms with Gasteiger partial charge in [-0.3, -0.25) is 19.7 Å². The highest BCUT2D eigenvalue weighted by Crippen LogP contribution is 2.31. The molecule has 0 unspecified atom stereocenters. The number of hydrogen-bond acceptors (Lipinski definition) is 6. The second-order valence-electron chi connectivity index (χ2n) is 6.97. The van der Waals surface area contributed by atoms with Crippen LogP contribution in [0.5, 0.6) is 11.5 Å². The Balaban J connectivity index is 2.26. The highest BCUT2D eigenvalue weighted by molar-refractivity contribution is 6.42. The van der Waals surface area contributed by atoms with Gasteiger partial charge in [0.05, 0.1) is 22.1 Å². The van der Waals surface area contributed by atoms with Gasteiger partial charge in [-0.1, -0.05) is 36.2 Å². The minimum absolute atomic E-state index is 0.00590. The van der Waals surface area contributed by atoms with Crippen molar-refractivity contribution in [1.82, 2.24) is 10.2 Å². The molecule has 0 aromatic heterocycles. The van der Waals surface area contributed by atoms with Crippen molar-refractivity contribution in [2.45, 2.75) is 32.9 Å². The zero-order valence-corrected chi connectivity index (χ0v) is 20.0. The Bertz CT molecular complexity index is 1020. The van der Waals surface area contributed by atoms with Crippen molar-refractivity contribution in [3.63, 3.8) is 0 Å². The van der Waals surface area contributed by atoms with Crippen LogP contribution in [0.25, 0.3) is 0 Å². The van der Waals surface area contributed by atoms with Crippen molar-refractivity contribution in [3.8, 4) is 11.5 Å². The standard InChI is InChI=1S/C22H25Cl2N3O6/c1-4-18(22(29)25-5-2)26(12-14-6-8-16(23)17(24)10-14)21(28)13-33-15-7-9-19(27(30)31)20(11-15)32-3/h6-11,18H,4-5,12-13H2,1-3H3,(H,25,29)/t18-/m0/s1. The first-order valence-corrected chi connectivity index (χ1v) is 10.9. The first kappa shape index (κ1) is 26.2. The average Bonchev–Trinajstić information content (AvgIpc) is 2.79. The number of nitrogens with zero attached hydrogens (tertiary/aromatic N) is 2. The number of rotatable bonds is 11. The van der Waals surface area contributed by atoms with E-state index in [1.54, 1.807) is 32.0 Å². The number of benzene rings is 2. The Morgan fingerprint density at radius 2 is 1.88 bits per heavy atom. The van der Waals surface area contributed by atoms with Gasteiger partial charge in [-0.25, -0.2) is 0 Å². The molecule has 0 spiro atoms. The van der Waals surface area contributed by atoms with E-state index >= 15 is 0 Å². The highest BCUT2D eigenvalue weighted by Gasteiger charge is 2.29. The molecule has 178 valence electrons. The molecule has 11 heteroatoms. The van der Waals surface area contributed by atoms with Crippen molar-refractivity contribution in [2.24, 2.45) is 0 Å². The predicted molar refractivity (Wildman–Crippen MR) is 125 cm³/mol. The molecule has 33 heavy (non-hydrogen) atoms. The summed E-state index contributed by atoms with van der Waals surface area (Å²) in [6.45, 7) is 3.73. The third-order valence-corrected chi connectivity index (χ3v) is 5.52. The van der Waals surface area contributed by atoms with Gasteiger partial charge in [-0.2, -0.15) is 0 Å². The van der Waals surface area contributed by atoms with E-state index in [1.807, 2.05) is 0 Å². The van der Waals surface area contributed by atoms with Crippen molar-refractivity contribution in [2.75, 3.05) is 20.3 Å². The lowest BCUT2D eigenvalue weighted by Gasteiger charge is -2.30. The van der Waals surface area contributed by atoms with Crippen LogP contribution < -0.4 is 14.8 Å². The normalized spacial score (nSPS) is 11.4. The smallest absolute Gasteiger partial charge is 0.311 e. The molecule has 0 saturated carbocycles. The fourth-order valence-corrected chi connectivity index (χ4v) is 3.49. The van der Waals surface area contributed by atoms with E-state index in [2.05, 4.69) is 5.32 Å². The molecule has 2 amide bonds. The first-order chi connectivity index (χ1) is 15.7. The number of ether oxygens (including phenoxy) is 2. The maximum absolute atomic E-state index is 13.1. The van der Waals surface area contributed by atoms with Crippen molar-refractivity contribution >= 4 is 40.7 Å². The second kappa shape index (κ2) is 12.3. The topological polar surface area (TPSA) is 111 Å².